The van der Waals surface area contributed by atoms with E-state index in [1.54, 1.807) is 12.1 Å². The average Bonchev–Trinajstić information content (AvgIpc) is 2.61. The van der Waals surface area contributed by atoms with Crippen LogP contribution in [0, 0.1) is 6.92 Å². The molecular formula is C16H19NO3. The number of Topliss-reactive ketones (excluding diaryl/α,β-unsaturated/α-hetero) is 1. The molecule has 0 radical (unpaired) electrons. The van der Waals surface area contributed by atoms with Gasteiger partial charge in [0.25, 0.3) is 0 Å². The summed E-state index contributed by atoms with van der Waals surface area (Å²) in [6.07, 6.45) is 0. The van der Waals surface area contributed by atoms with Gasteiger partial charge in [0, 0.05) is 16.6 Å². The van der Waals surface area contributed by atoms with E-state index >= 15 is 0 Å². The second-order valence-corrected chi connectivity index (χ2v) is 6.18. The lowest BCUT2D eigenvalue weighted by Gasteiger charge is -2.20. The number of hydrogen-bond acceptors (Lipinski definition) is 2. The number of benzene rings is 1. The quantitative estimate of drug-likeness (QED) is 0.820. The van der Waals surface area contributed by atoms with Crippen LogP contribution >= 0.6 is 0 Å². The summed E-state index contributed by atoms with van der Waals surface area (Å²) in [5.74, 6) is -1.04. The summed E-state index contributed by atoms with van der Waals surface area (Å²) < 4.78 is 0. The van der Waals surface area contributed by atoms with Crippen molar-refractivity contribution in [2.24, 2.45) is 0 Å². The number of aryl methyl sites for hydroxylation is 1. The van der Waals surface area contributed by atoms with Gasteiger partial charge in [-0.15, -0.1) is 0 Å². The molecule has 1 aromatic heterocycles. The first-order valence-corrected chi connectivity index (χ1v) is 6.54. The fourth-order valence-corrected chi connectivity index (χ4v) is 2.59. The van der Waals surface area contributed by atoms with Crippen LogP contribution in [0.15, 0.2) is 12.1 Å². The molecule has 0 spiro atoms. The van der Waals surface area contributed by atoms with Crippen molar-refractivity contribution < 1.29 is 14.7 Å². The normalized spacial score (nSPS) is 11.8. The van der Waals surface area contributed by atoms with Gasteiger partial charge >= 0.3 is 5.97 Å². The molecule has 0 saturated carbocycles. The van der Waals surface area contributed by atoms with Crippen molar-refractivity contribution >= 4 is 22.7 Å². The number of aromatic amines is 1. The second kappa shape index (κ2) is 4.47. The fourth-order valence-electron chi connectivity index (χ4n) is 2.59. The van der Waals surface area contributed by atoms with Crippen LogP contribution in [0.25, 0.3) is 10.9 Å². The molecule has 0 unspecified atom stereocenters. The maximum atomic E-state index is 11.8. The van der Waals surface area contributed by atoms with E-state index in [1.807, 2.05) is 27.7 Å². The molecule has 1 heterocycles. The van der Waals surface area contributed by atoms with Crippen LogP contribution in [-0.2, 0) is 5.41 Å². The number of nitrogens with one attached hydrogen (secondary N) is 1. The molecule has 0 aliphatic carbocycles. The zero-order valence-corrected chi connectivity index (χ0v) is 12.4. The number of aromatic nitrogens is 1. The van der Waals surface area contributed by atoms with E-state index in [4.69, 9.17) is 0 Å². The summed E-state index contributed by atoms with van der Waals surface area (Å²) in [5, 5.41) is 9.97. The molecule has 0 bridgehead atoms. The molecule has 1 aromatic carbocycles. The number of H-pyrrole nitrogens is 1. The molecule has 4 nitrogen and oxygen atoms in total. The van der Waals surface area contributed by atoms with E-state index < -0.39 is 5.97 Å². The van der Waals surface area contributed by atoms with Gasteiger partial charge in [-0.25, -0.2) is 4.79 Å². The molecule has 0 fully saturated rings. The minimum atomic E-state index is -0.981. The molecule has 0 aliphatic heterocycles. The van der Waals surface area contributed by atoms with Gasteiger partial charge in [0.2, 0.25) is 0 Å². The molecule has 20 heavy (non-hydrogen) atoms. The molecule has 2 aromatic rings. The predicted molar refractivity (Wildman–Crippen MR) is 78.7 cm³/mol. The number of carboxylic acids is 1. The highest BCUT2D eigenvalue weighted by Gasteiger charge is 2.24. The smallest absolute Gasteiger partial charge is 0.335 e. The maximum absolute atomic E-state index is 11.8. The van der Waals surface area contributed by atoms with Crippen LogP contribution in [0.2, 0.25) is 0 Å². The van der Waals surface area contributed by atoms with E-state index in [0.29, 0.717) is 10.9 Å². The number of aromatic carboxylic acids is 1. The minimum Gasteiger partial charge on any atom is -0.478 e. The van der Waals surface area contributed by atoms with E-state index in [9.17, 15) is 14.7 Å². The molecule has 0 saturated heterocycles. The van der Waals surface area contributed by atoms with Crippen molar-refractivity contribution in [3.63, 3.8) is 0 Å². The molecule has 0 amide bonds. The van der Waals surface area contributed by atoms with E-state index in [0.717, 1.165) is 16.8 Å². The highest BCUT2D eigenvalue weighted by atomic mass is 16.4. The van der Waals surface area contributed by atoms with E-state index in [-0.39, 0.29) is 16.8 Å². The molecule has 0 aliphatic rings. The van der Waals surface area contributed by atoms with Crippen LogP contribution in [0.5, 0.6) is 0 Å². The Hall–Kier alpha value is -2.10. The summed E-state index contributed by atoms with van der Waals surface area (Å²) in [5.41, 5.74) is 3.11. The zero-order valence-electron chi connectivity index (χ0n) is 12.4. The largest absolute Gasteiger partial charge is 0.478 e. The number of carboxylic acid groups (broad SMARTS) is 1. The van der Waals surface area contributed by atoms with Crippen LogP contribution in [-0.4, -0.2) is 21.8 Å². The van der Waals surface area contributed by atoms with Gasteiger partial charge in [0.05, 0.1) is 11.1 Å². The maximum Gasteiger partial charge on any atom is 0.335 e. The summed E-state index contributed by atoms with van der Waals surface area (Å²) in [6.45, 7) is 9.41. The van der Waals surface area contributed by atoms with Gasteiger partial charge in [-0.2, -0.15) is 0 Å². The Kier molecular flexibility index (Phi) is 3.20. The topological polar surface area (TPSA) is 70.2 Å². The molecule has 0 atom stereocenters. The second-order valence-electron chi connectivity index (χ2n) is 6.18. The van der Waals surface area contributed by atoms with Crippen molar-refractivity contribution in [3.8, 4) is 0 Å². The van der Waals surface area contributed by atoms with Crippen LogP contribution in [0.3, 0.4) is 0 Å². The van der Waals surface area contributed by atoms with E-state index in [2.05, 4.69) is 4.98 Å². The van der Waals surface area contributed by atoms with Gasteiger partial charge in [-0.05, 0) is 37.0 Å². The molecule has 106 valence electrons. The van der Waals surface area contributed by atoms with Gasteiger partial charge in [0.1, 0.15) is 0 Å². The minimum absolute atomic E-state index is 0.0591. The lowest BCUT2D eigenvalue weighted by Crippen LogP contribution is -2.13. The van der Waals surface area contributed by atoms with Gasteiger partial charge < -0.3 is 10.1 Å². The third kappa shape index (κ3) is 2.22. The zero-order chi connectivity index (χ0) is 15.2. The fraction of sp³-hybridized carbons (Fsp3) is 0.375. The summed E-state index contributed by atoms with van der Waals surface area (Å²) >= 11 is 0. The SMILES string of the molecule is CC(=O)c1c(C)[nH]c2c(C(C)(C)C)cc(C(=O)O)cc12. The Morgan fingerprint density at radius 1 is 1.20 bits per heavy atom. The highest BCUT2D eigenvalue weighted by Crippen LogP contribution is 2.34. The first kappa shape index (κ1) is 14.3. The first-order valence-electron chi connectivity index (χ1n) is 6.54. The highest BCUT2D eigenvalue weighted by molar-refractivity contribution is 6.10. The number of fused-ring (bicyclic) bond motifs is 1. The first-order chi connectivity index (χ1) is 9.12. The van der Waals surface area contributed by atoms with Gasteiger partial charge in [0.15, 0.2) is 5.78 Å². The predicted octanol–water partition coefficient (Wildman–Crippen LogP) is 3.67. The van der Waals surface area contributed by atoms with Gasteiger partial charge in [-0.3, -0.25) is 4.79 Å². The number of carbonyl (C=O) groups is 2. The number of rotatable bonds is 2. The molecule has 2 rings (SSSR count). The molecular weight excluding hydrogens is 254 g/mol. The Morgan fingerprint density at radius 3 is 2.25 bits per heavy atom. The monoisotopic (exact) mass is 273 g/mol. The van der Waals surface area contributed by atoms with Crippen LogP contribution in [0.4, 0.5) is 0 Å². The third-order valence-corrected chi connectivity index (χ3v) is 3.50. The van der Waals surface area contributed by atoms with Crippen molar-refractivity contribution in [1.29, 1.82) is 0 Å². The van der Waals surface area contributed by atoms with Crippen LogP contribution < -0.4 is 0 Å². The van der Waals surface area contributed by atoms with Crippen molar-refractivity contribution in [2.45, 2.75) is 40.0 Å². The van der Waals surface area contributed by atoms with E-state index in [1.165, 1.54) is 6.92 Å². The van der Waals surface area contributed by atoms with Crippen molar-refractivity contribution in [3.05, 3.63) is 34.5 Å². The number of hydrogen-bond donors (Lipinski definition) is 2. The van der Waals surface area contributed by atoms with Gasteiger partial charge in [-0.1, -0.05) is 20.8 Å². The number of ketones is 1. The standard InChI is InChI=1S/C16H19NO3/c1-8-13(9(2)18)11-6-10(15(19)20)7-12(14(11)17-8)16(3,4)5/h6-7,17H,1-5H3,(H,19,20). The van der Waals surface area contributed by atoms with Crippen molar-refractivity contribution in [2.75, 3.05) is 0 Å². The summed E-state index contributed by atoms with van der Waals surface area (Å²) in [4.78, 5) is 26.4. The Morgan fingerprint density at radius 2 is 1.80 bits per heavy atom. The molecule has 4 heteroatoms. The lowest BCUT2D eigenvalue weighted by molar-refractivity contribution is 0.0696. The average molecular weight is 273 g/mol. The Labute approximate surface area is 117 Å². The number of carbonyl (C=O) groups excluding carboxylic acids is 1. The Balaban J connectivity index is 2.96. The Bertz CT molecular complexity index is 717. The summed E-state index contributed by atoms with van der Waals surface area (Å²) in [7, 11) is 0. The lowest BCUT2D eigenvalue weighted by atomic mass is 9.84. The summed E-state index contributed by atoms with van der Waals surface area (Å²) in [6, 6.07) is 3.26. The molecule has 2 N–H and O–H groups in total. The third-order valence-electron chi connectivity index (χ3n) is 3.50. The van der Waals surface area contributed by atoms with Crippen molar-refractivity contribution in [1.82, 2.24) is 4.98 Å². The van der Waals surface area contributed by atoms with Crippen LogP contribution in [0.1, 0.15) is 59.7 Å².